The quantitative estimate of drug-likeness (QED) is 0.783. The summed E-state index contributed by atoms with van der Waals surface area (Å²) in [5.41, 5.74) is 1.28. The maximum Gasteiger partial charge on any atom is 0.124 e. The third-order valence-corrected chi connectivity index (χ3v) is 3.45. The molecule has 1 atom stereocenters. The van der Waals surface area contributed by atoms with E-state index in [-0.39, 0.29) is 6.10 Å². The van der Waals surface area contributed by atoms with E-state index in [1.54, 1.807) is 0 Å². The van der Waals surface area contributed by atoms with E-state index in [2.05, 4.69) is 51.2 Å². The normalized spacial score (nSPS) is 13.1. The number of hydrogen-bond donors (Lipinski definition) is 1. The summed E-state index contributed by atoms with van der Waals surface area (Å²) in [6.07, 6.45) is 2.57. The van der Waals surface area contributed by atoms with Crippen molar-refractivity contribution in [2.24, 2.45) is 5.92 Å². The minimum absolute atomic E-state index is 0.213. The standard InChI is InChI=1S/C16H27NO/c1-6-13(7-2)16(17-5)14-10-8-9-11-15(14)18-12(3)4/h8-13,16-17H,6-7H2,1-5H3. The topological polar surface area (TPSA) is 21.3 Å². The van der Waals surface area contributed by atoms with E-state index in [0.717, 1.165) is 5.75 Å². The Kier molecular flexibility index (Phi) is 6.20. The molecule has 0 saturated carbocycles. The van der Waals surface area contributed by atoms with Gasteiger partial charge < -0.3 is 10.1 Å². The van der Waals surface area contributed by atoms with Gasteiger partial charge in [-0.05, 0) is 32.9 Å². The highest BCUT2D eigenvalue weighted by Crippen LogP contribution is 2.33. The van der Waals surface area contributed by atoms with Crippen LogP contribution < -0.4 is 10.1 Å². The molecule has 1 aromatic rings. The van der Waals surface area contributed by atoms with Crippen LogP contribution in [0.15, 0.2) is 24.3 Å². The van der Waals surface area contributed by atoms with Gasteiger partial charge in [0.05, 0.1) is 6.10 Å². The van der Waals surface area contributed by atoms with Crippen LogP contribution in [0.2, 0.25) is 0 Å². The van der Waals surface area contributed by atoms with E-state index in [1.165, 1.54) is 18.4 Å². The number of rotatable bonds is 7. The summed E-state index contributed by atoms with van der Waals surface area (Å²) in [6, 6.07) is 8.75. The molecule has 0 aliphatic rings. The molecule has 0 amide bonds. The Labute approximate surface area is 112 Å². The van der Waals surface area contributed by atoms with Gasteiger partial charge in [-0.3, -0.25) is 0 Å². The van der Waals surface area contributed by atoms with Gasteiger partial charge >= 0.3 is 0 Å². The van der Waals surface area contributed by atoms with E-state index in [0.29, 0.717) is 12.0 Å². The summed E-state index contributed by atoms with van der Waals surface area (Å²) in [6.45, 7) is 8.65. The smallest absolute Gasteiger partial charge is 0.124 e. The number of nitrogens with one attached hydrogen (secondary N) is 1. The molecule has 1 aromatic carbocycles. The summed E-state index contributed by atoms with van der Waals surface area (Å²) in [5.74, 6) is 1.66. The summed E-state index contributed by atoms with van der Waals surface area (Å²) < 4.78 is 5.93. The lowest BCUT2D eigenvalue weighted by molar-refractivity contribution is 0.233. The van der Waals surface area contributed by atoms with Crippen LogP contribution in [-0.2, 0) is 0 Å². The van der Waals surface area contributed by atoms with E-state index < -0.39 is 0 Å². The van der Waals surface area contributed by atoms with Crippen molar-refractivity contribution in [3.05, 3.63) is 29.8 Å². The Hall–Kier alpha value is -1.02. The largest absolute Gasteiger partial charge is 0.491 e. The van der Waals surface area contributed by atoms with Gasteiger partial charge in [0, 0.05) is 11.6 Å². The maximum absolute atomic E-state index is 5.93. The van der Waals surface area contributed by atoms with Crippen LogP contribution >= 0.6 is 0 Å². The Morgan fingerprint density at radius 3 is 2.22 bits per heavy atom. The van der Waals surface area contributed by atoms with Gasteiger partial charge in [-0.2, -0.15) is 0 Å². The van der Waals surface area contributed by atoms with Crippen LogP contribution in [0.5, 0.6) is 5.75 Å². The van der Waals surface area contributed by atoms with Crippen molar-refractivity contribution in [2.75, 3.05) is 7.05 Å². The highest BCUT2D eigenvalue weighted by atomic mass is 16.5. The molecular weight excluding hydrogens is 222 g/mol. The van der Waals surface area contributed by atoms with Crippen molar-refractivity contribution in [1.82, 2.24) is 5.32 Å². The van der Waals surface area contributed by atoms with Crippen molar-refractivity contribution in [3.63, 3.8) is 0 Å². The average molecular weight is 249 g/mol. The molecule has 1 N–H and O–H groups in total. The van der Waals surface area contributed by atoms with Crippen molar-refractivity contribution in [2.45, 2.75) is 52.7 Å². The fourth-order valence-electron chi connectivity index (χ4n) is 2.50. The Morgan fingerprint density at radius 1 is 1.11 bits per heavy atom. The molecule has 1 unspecified atom stereocenters. The van der Waals surface area contributed by atoms with Crippen LogP contribution in [0, 0.1) is 5.92 Å². The molecular formula is C16H27NO. The summed E-state index contributed by atoms with van der Waals surface area (Å²) in [7, 11) is 2.04. The van der Waals surface area contributed by atoms with Crippen molar-refractivity contribution >= 4 is 0 Å². The molecule has 0 saturated heterocycles. The summed E-state index contributed by atoms with van der Waals surface area (Å²) in [5, 5.41) is 3.45. The lowest BCUT2D eigenvalue weighted by Crippen LogP contribution is -2.25. The lowest BCUT2D eigenvalue weighted by atomic mass is 9.88. The average Bonchev–Trinajstić information content (AvgIpc) is 2.36. The van der Waals surface area contributed by atoms with E-state index in [9.17, 15) is 0 Å². The SMILES string of the molecule is CCC(CC)C(NC)c1ccccc1OC(C)C. The van der Waals surface area contributed by atoms with Crippen molar-refractivity contribution in [1.29, 1.82) is 0 Å². The van der Waals surface area contributed by atoms with Crippen LogP contribution in [0.4, 0.5) is 0 Å². The second-order valence-corrected chi connectivity index (χ2v) is 5.05. The fraction of sp³-hybridized carbons (Fsp3) is 0.625. The maximum atomic E-state index is 5.93. The number of ether oxygens (including phenoxy) is 1. The molecule has 2 nitrogen and oxygen atoms in total. The van der Waals surface area contributed by atoms with Gasteiger partial charge in [0.2, 0.25) is 0 Å². The number of benzene rings is 1. The first-order valence-corrected chi connectivity index (χ1v) is 7.06. The first-order chi connectivity index (χ1) is 8.63. The Balaban J connectivity index is 3.04. The Bertz CT molecular complexity index is 345. The third kappa shape index (κ3) is 3.74. The van der Waals surface area contributed by atoms with Gasteiger partial charge in [-0.25, -0.2) is 0 Å². The predicted octanol–water partition coefficient (Wildman–Crippen LogP) is 4.17. The van der Waals surface area contributed by atoms with E-state index in [4.69, 9.17) is 4.74 Å². The monoisotopic (exact) mass is 249 g/mol. The number of para-hydroxylation sites is 1. The highest BCUT2D eigenvalue weighted by Gasteiger charge is 2.21. The molecule has 0 spiro atoms. The van der Waals surface area contributed by atoms with Gasteiger partial charge in [0.1, 0.15) is 5.75 Å². The van der Waals surface area contributed by atoms with Crippen LogP contribution in [-0.4, -0.2) is 13.2 Å². The molecule has 18 heavy (non-hydrogen) atoms. The zero-order valence-corrected chi connectivity index (χ0v) is 12.4. The summed E-state index contributed by atoms with van der Waals surface area (Å²) >= 11 is 0. The lowest BCUT2D eigenvalue weighted by Gasteiger charge is -2.27. The molecule has 2 heteroatoms. The van der Waals surface area contributed by atoms with Crippen LogP contribution in [0.25, 0.3) is 0 Å². The van der Waals surface area contributed by atoms with Crippen molar-refractivity contribution < 1.29 is 4.74 Å². The molecule has 1 rings (SSSR count). The minimum atomic E-state index is 0.213. The van der Waals surface area contributed by atoms with Crippen LogP contribution in [0.1, 0.15) is 52.1 Å². The molecule has 0 aromatic heterocycles. The predicted molar refractivity (Wildman–Crippen MR) is 78.1 cm³/mol. The second kappa shape index (κ2) is 7.42. The van der Waals surface area contributed by atoms with Crippen LogP contribution in [0.3, 0.4) is 0 Å². The van der Waals surface area contributed by atoms with Gasteiger partial charge in [0.15, 0.2) is 0 Å². The molecule has 0 fully saturated rings. The van der Waals surface area contributed by atoms with Crippen molar-refractivity contribution in [3.8, 4) is 5.75 Å². The zero-order valence-electron chi connectivity index (χ0n) is 12.4. The molecule has 102 valence electrons. The first kappa shape index (κ1) is 15.0. The molecule has 0 radical (unpaired) electrons. The van der Waals surface area contributed by atoms with Gasteiger partial charge in [-0.15, -0.1) is 0 Å². The van der Waals surface area contributed by atoms with E-state index >= 15 is 0 Å². The molecule has 0 bridgehead atoms. The Morgan fingerprint density at radius 2 is 1.72 bits per heavy atom. The molecule has 0 aliphatic carbocycles. The van der Waals surface area contributed by atoms with E-state index in [1.807, 2.05) is 13.1 Å². The third-order valence-electron chi connectivity index (χ3n) is 3.45. The van der Waals surface area contributed by atoms with Gasteiger partial charge in [0.25, 0.3) is 0 Å². The zero-order chi connectivity index (χ0) is 13.5. The summed E-state index contributed by atoms with van der Waals surface area (Å²) in [4.78, 5) is 0. The van der Waals surface area contributed by atoms with Gasteiger partial charge in [-0.1, -0.05) is 44.9 Å². The molecule has 0 aliphatic heterocycles. The minimum Gasteiger partial charge on any atom is -0.491 e. The first-order valence-electron chi connectivity index (χ1n) is 7.06. The fourth-order valence-corrected chi connectivity index (χ4v) is 2.50. The highest BCUT2D eigenvalue weighted by molar-refractivity contribution is 5.36. The number of hydrogen-bond acceptors (Lipinski definition) is 2. The second-order valence-electron chi connectivity index (χ2n) is 5.05. The molecule has 0 heterocycles.